The van der Waals surface area contributed by atoms with Crippen LogP contribution in [0.4, 0.5) is 22.0 Å². The number of carbonyl (C=O) groups excluding carboxylic acids is 1. The van der Waals surface area contributed by atoms with E-state index in [0.29, 0.717) is 6.07 Å². The molecular weight excluding hydrogens is 317 g/mol. The van der Waals surface area contributed by atoms with Crippen molar-refractivity contribution in [2.24, 2.45) is 0 Å². The Labute approximate surface area is 120 Å². The van der Waals surface area contributed by atoms with Crippen molar-refractivity contribution in [3.05, 3.63) is 28.8 Å². The summed E-state index contributed by atoms with van der Waals surface area (Å²) in [5.74, 6) is -0.987. The van der Waals surface area contributed by atoms with Gasteiger partial charge in [0.1, 0.15) is 0 Å². The van der Waals surface area contributed by atoms with Crippen molar-refractivity contribution in [1.82, 2.24) is 0 Å². The highest BCUT2D eigenvalue weighted by atomic mass is 32.2. The Kier molecular flexibility index (Phi) is 5.54. The lowest BCUT2D eigenvalue weighted by molar-refractivity contribution is -0.0329. The number of rotatable bonds is 4. The van der Waals surface area contributed by atoms with E-state index in [2.05, 4.69) is 4.74 Å². The third-order valence-corrected chi connectivity index (χ3v) is 3.01. The molecule has 21 heavy (non-hydrogen) atoms. The molecule has 0 aliphatic rings. The number of halogens is 5. The quantitative estimate of drug-likeness (QED) is 0.471. The maximum absolute atomic E-state index is 12.9. The fourth-order valence-corrected chi connectivity index (χ4v) is 2.23. The minimum Gasteiger partial charge on any atom is -0.462 e. The van der Waals surface area contributed by atoms with Crippen molar-refractivity contribution in [1.29, 1.82) is 5.26 Å². The number of nitriles is 1. The Morgan fingerprint density at radius 2 is 2.05 bits per heavy atom. The van der Waals surface area contributed by atoms with Gasteiger partial charge in [-0.15, -0.1) is 0 Å². The minimum absolute atomic E-state index is 0.0426. The summed E-state index contributed by atoms with van der Waals surface area (Å²) in [7, 11) is 0. The molecule has 0 saturated heterocycles. The molecule has 0 bridgehead atoms. The van der Waals surface area contributed by atoms with Crippen LogP contribution >= 0.6 is 11.8 Å². The lowest BCUT2D eigenvalue weighted by atomic mass is 10.0. The molecule has 0 spiro atoms. The Bertz CT molecular complexity index is 580. The van der Waals surface area contributed by atoms with Gasteiger partial charge in [0.15, 0.2) is 0 Å². The van der Waals surface area contributed by atoms with Crippen LogP contribution in [-0.2, 0) is 4.74 Å². The van der Waals surface area contributed by atoms with Gasteiger partial charge >= 0.3 is 11.5 Å². The molecule has 0 heterocycles. The number of esters is 1. The van der Waals surface area contributed by atoms with Gasteiger partial charge in [-0.2, -0.15) is 18.4 Å². The maximum Gasteiger partial charge on any atom is 0.446 e. The monoisotopic (exact) mass is 325 g/mol. The van der Waals surface area contributed by atoms with Crippen molar-refractivity contribution in [3.63, 3.8) is 0 Å². The molecule has 0 aliphatic carbocycles. The minimum atomic E-state index is -4.83. The molecule has 3 nitrogen and oxygen atoms in total. The Hall–Kier alpha value is -1.82. The zero-order chi connectivity index (χ0) is 16.2. The van der Waals surface area contributed by atoms with Crippen molar-refractivity contribution in [3.8, 4) is 6.07 Å². The number of hydrogen-bond donors (Lipinski definition) is 0. The normalized spacial score (nSPS) is 11.3. The zero-order valence-corrected chi connectivity index (χ0v) is 11.3. The molecule has 0 radical (unpaired) electrons. The summed E-state index contributed by atoms with van der Waals surface area (Å²) in [4.78, 5) is 10.6. The van der Waals surface area contributed by atoms with Crippen molar-refractivity contribution < 1.29 is 31.5 Å². The largest absolute Gasteiger partial charge is 0.462 e. The van der Waals surface area contributed by atoms with Gasteiger partial charge in [0.25, 0.3) is 6.43 Å². The van der Waals surface area contributed by atoms with Crippen LogP contribution in [0.3, 0.4) is 0 Å². The molecule has 9 heteroatoms. The van der Waals surface area contributed by atoms with Crippen LogP contribution in [0.15, 0.2) is 17.0 Å². The summed E-state index contributed by atoms with van der Waals surface area (Å²) in [5.41, 5.74) is -6.95. The Balaban J connectivity index is 3.45. The van der Waals surface area contributed by atoms with Gasteiger partial charge in [0.2, 0.25) is 0 Å². The summed E-state index contributed by atoms with van der Waals surface area (Å²) in [6, 6.07) is 2.81. The van der Waals surface area contributed by atoms with Gasteiger partial charge in [-0.05, 0) is 30.8 Å². The van der Waals surface area contributed by atoms with Gasteiger partial charge in [-0.3, -0.25) is 0 Å². The second-order valence-electron chi connectivity index (χ2n) is 3.62. The van der Waals surface area contributed by atoms with E-state index >= 15 is 0 Å². The topological polar surface area (TPSA) is 50.1 Å². The van der Waals surface area contributed by atoms with Gasteiger partial charge in [-0.1, -0.05) is 0 Å². The van der Waals surface area contributed by atoms with E-state index in [1.807, 2.05) is 0 Å². The first kappa shape index (κ1) is 17.2. The van der Waals surface area contributed by atoms with E-state index in [4.69, 9.17) is 5.26 Å². The number of thioether (sulfide) groups is 1. The second kappa shape index (κ2) is 6.76. The number of alkyl halides is 5. The average molecular weight is 325 g/mol. The number of ether oxygens (including phenoxy) is 1. The molecule has 114 valence electrons. The molecule has 0 unspecified atom stereocenters. The number of benzene rings is 1. The molecule has 0 amide bonds. The van der Waals surface area contributed by atoms with Crippen molar-refractivity contribution >= 4 is 17.7 Å². The van der Waals surface area contributed by atoms with E-state index in [9.17, 15) is 26.7 Å². The fraction of sp³-hybridized carbons (Fsp3) is 0.333. The first-order chi connectivity index (χ1) is 9.69. The SMILES string of the molecule is CCOC(=O)c1cc(C#N)c(C(F)F)c(SC(F)(F)F)c1. The summed E-state index contributed by atoms with van der Waals surface area (Å²) in [5, 5.41) is 8.80. The molecule has 1 aromatic carbocycles. The standard InChI is InChI=1S/C12H8F5NO2S/c1-2-20-11(19)6-3-7(5-18)9(10(13)14)8(4-6)21-12(15,16)17/h3-4,10H,2H2,1H3. The van der Waals surface area contributed by atoms with Gasteiger partial charge < -0.3 is 4.74 Å². The Morgan fingerprint density at radius 1 is 1.43 bits per heavy atom. The van der Waals surface area contributed by atoms with E-state index in [1.165, 1.54) is 13.0 Å². The van der Waals surface area contributed by atoms with E-state index < -0.39 is 45.7 Å². The molecular formula is C12H8F5NO2S. The highest BCUT2D eigenvalue weighted by molar-refractivity contribution is 8.00. The third-order valence-electron chi connectivity index (χ3n) is 2.22. The molecule has 0 aliphatic heterocycles. The number of hydrogen-bond acceptors (Lipinski definition) is 4. The smallest absolute Gasteiger partial charge is 0.446 e. The maximum atomic E-state index is 12.9. The molecule has 0 atom stereocenters. The predicted octanol–water partition coefficient (Wildman–Crippen LogP) is 4.28. The van der Waals surface area contributed by atoms with Gasteiger partial charge in [-0.25, -0.2) is 13.6 Å². The average Bonchev–Trinajstić information content (AvgIpc) is 2.35. The molecule has 0 saturated carbocycles. The van der Waals surface area contributed by atoms with Gasteiger partial charge in [0.05, 0.1) is 23.8 Å². The fourth-order valence-electron chi connectivity index (χ4n) is 1.49. The van der Waals surface area contributed by atoms with E-state index in [1.54, 1.807) is 0 Å². The Morgan fingerprint density at radius 3 is 2.48 bits per heavy atom. The van der Waals surface area contributed by atoms with Crippen LogP contribution in [0.1, 0.15) is 34.8 Å². The van der Waals surface area contributed by atoms with Crippen LogP contribution in [0.5, 0.6) is 0 Å². The molecule has 0 N–H and O–H groups in total. The molecule has 1 aromatic rings. The summed E-state index contributed by atoms with van der Waals surface area (Å²) < 4.78 is 67.6. The van der Waals surface area contributed by atoms with Crippen LogP contribution in [0.25, 0.3) is 0 Å². The number of nitrogens with zero attached hydrogens (tertiary/aromatic N) is 1. The van der Waals surface area contributed by atoms with Crippen LogP contribution in [0.2, 0.25) is 0 Å². The van der Waals surface area contributed by atoms with Crippen LogP contribution in [-0.4, -0.2) is 18.1 Å². The van der Waals surface area contributed by atoms with Crippen molar-refractivity contribution in [2.45, 2.75) is 23.8 Å². The van der Waals surface area contributed by atoms with Crippen molar-refractivity contribution in [2.75, 3.05) is 6.61 Å². The first-order valence-corrected chi connectivity index (χ1v) is 6.30. The lowest BCUT2D eigenvalue weighted by Gasteiger charge is -2.14. The zero-order valence-electron chi connectivity index (χ0n) is 10.5. The van der Waals surface area contributed by atoms with E-state index in [0.717, 1.165) is 6.07 Å². The van der Waals surface area contributed by atoms with E-state index in [-0.39, 0.29) is 12.2 Å². The lowest BCUT2D eigenvalue weighted by Crippen LogP contribution is -2.09. The highest BCUT2D eigenvalue weighted by Gasteiger charge is 2.33. The summed E-state index contributed by atoms with van der Waals surface area (Å²) in [6.45, 7) is 1.43. The molecule has 0 fully saturated rings. The third kappa shape index (κ3) is 4.60. The second-order valence-corrected chi connectivity index (χ2v) is 4.72. The van der Waals surface area contributed by atoms with Crippen LogP contribution in [0, 0.1) is 11.3 Å². The molecule has 0 aromatic heterocycles. The molecule has 1 rings (SSSR count). The summed E-state index contributed by atoms with van der Waals surface area (Å²) in [6.07, 6.45) is -3.28. The predicted molar refractivity (Wildman–Crippen MR) is 64.0 cm³/mol. The highest BCUT2D eigenvalue weighted by Crippen LogP contribution is 2.42. The number of carbonyl (C=O) groups is 1. The van der Waals surface area contributed by atoms with Gasteiger partial charge in [0, 0.05) is 10.5 Å². The first-order valence-electron chi connectivity index (χ1n) is 5.48. The van der Waals surface area contributed by atoms with Crippen LogP contribution < -0.4 is 0 Å². The summed E-state index contributed by atoms with van der Waals surface area (Å²) >= 11 is -0.804.